The smallest absolute Gasteiger partial charge is 0.390 e. The number of allylic oxidation sites excluding steroid dienone is 1. The van der Waals surface area contributed by atoms with Crippen LogP contribution in [0.3, 0.4) is 0 Å². The summed E-state index contributed by atoms with van der Waals surface area (Å²) in [4.78, 5) is 0. The first-order valence-corrected chi connectivity index (χ1v) is 12.8. The number of aliphatic hydroxyl groups is 2. The summed E-state index contributed by atoms with van der Waals surface area (Å²) in [6, 6.07) is 0. The van der Waals surface area contributed by atoms with E-state index in [2.05, 4.69) is 26.8 Å². The van der Waals surface area contributed by atoms with Gasteiger partial charge in [0.2, 0.25) is 0 Å². The van der Waals surface area contributed by atoms with Crippen LogP contribution in [0, 0.1) is 40.4 Å². The van der Waals surface area contributed by atoms with Crippen molar-refractivity contribution in [2.75, 3.05) is 0 Å². The average Bonchev–Trinajstić information content (AvgIpc) is 3.03. The van der Waals surface area contributed by atoms with Gasteiger partial charge in [-0.15, -0.1) is 0 Å². The van der Waals surface area contributed by atoms with Crippen molar-refractivity contribution in [1.29, 1.82) is 0 Å². The highest BCUT2D eigenvalue weighted by atomic mass is 19.4. The third kappa shape index (κ3) is 3.87. The zero-order chi connectivity index (χ0) is 23.7. The normalized spacial score (nSPS) is 47.0. The van der Waals surface area contributed by atoms with E-state index in [1.165, 1.54) is 18.4 Å². The Kier molecular flexibility index (Phi) is 5.94. The lowest BCUT2D eigenvalue weighted by molar-refractivity contribution is -0.256. The topological polar surface area (TPSA) is 40.5 Å². The third-order valence-electron chi connectivity index (χ3n) is 10.8. The van der Waals surface area contributed by atoms with Gasteiger partial charge in [0.1, 0.15) is 0 Å². The largest absolute Gasteiger partial charge is 0.416 e. The SMILES string of the molecule is C[C@H](CCC(C)(O)C(F)(F)F)[C@H]1CCC2[C@@H]3CC=C4C[C@@](C)(O)CC[C@]4(C)[C@H]3CC[C@@]21C. The van der Waals surface area contributed by atoms with Crippen LogP contribution < -0.4 is 0 Å². The minimum absolute atomic E-state index is 0.186. The standard InChI is InChI=1S/C27H43F3O2/c1-17(10-13-26(5,32)27(28,29)30)20-8-9-21-19-7-6-18-16-23(2,31)14-15-24(18,3)22(19)11-12-25(20,21)4/h6,17,19-22,31-32H,7-16H2,1-5H3/t17-,19+,20-,21?,22+,23+,24+,25-,26?/m1/s1. The van der Waals surface area contributed by atoms with Gasteiger partial charge in [-0.2, -0.15) is 13.2 Å². The maximum Gasteiger partial charge on any atom is 0.416 e. The Morgan fingerprint density at radius 1 is 1.06 bits per heavy atom. The van der Waals surface area contributed by atoms with E-state index in [0.717, 1.165) is 45.4 Å². The van der Waals surface area contributed by atoms with E-state index in [0.29, 0.717) is 30.1 Å². The second kappa shape index (κ2) is 7.73. The third-order valence-corrected chi connectivity index (χ3v) is 10.8. The van der Waals surface area contributed by atoms with Gasteiger partial charge in [0.05, 0.1) is 5.60 Å². The van der Waals surface area contributed by atoms with Crippen molar-refractivity contribution in [3.63, 3.8) is 0 Å². The number of halogens is 3. The number of alkyl halides is 3. The van der Waals surface area contributed by atoms with Crippen molar-refractivity contribution >= 4 is 0 Å². The molecule has 0 radical (unpaired) electrons. The molecule has 0 heterocycles. The number of hydrogen-bond donors (Lipinski definition) is 2. The lowest BCUT2D eigenvalue weighted by atomic mass is 9.46. The molecule has 2 N–H and O–H groups in total. The molecule has 3 fully saturated rings. The van der Waals surface area contributed by atoms with Crippen LogP contribution in [0.15, 0.2) is 11.6 Å². The molecule has 2 nitrogen and oxygen atoms in total. The molecular weight excluding hydrogens is 413 g/mol. The van der Waals surface area contributed by atoms with E-state index in [9.17, 15) is 23.4 Å². The molecule has 0 saturated heterocycles. The van der Waals surface area contributed by atoms with Crippen molar-refractivity contribution in [1.82, 2.24) is 0 Å². The monoisotopic (exact) mass is 456 g/mol. The van der Waals surface area contributed by atoms with Crippen molar-refractivity contribution < 1.29 is 23.4 Å². The summed E-state index contributed by atoms with van der Waals surface area (Å²) >= 11 is 0. The van der Waals surface area contributed by atoms with Crippen LogP contribution in [0.1, 0.15) is 98.8 Å². The van der Waals surface area contributed by atoms with E-state index >= 15 is 0 Å². The first kappa shape index (κ1) is 24.6. The number of fused-ring (bicyclic) bond motifs is 5. The molecule has 0 spiro atoms. The molecule has 4 aliphatic carbocycles. The Balaban J connectivity index is 1.49. The van der Waals surface area contributed by atoms with E-state index in [1.54, 1.807) is 0 Å². The summed E-state index contributed by atoms with van der Waals surface area (Å²) in [6.07, 6.45) is 6.52. The first-order chi connectivity index (χ1) is 14.6. The van der Waals surface area contributed by atoms with Gasteiger partial charge < -0.3 is 10.2 Å². The van der Waals surface area contributed by atoms with Gasteiger partial charge in [-0.05, 0) is 118 Å². The minimum Gasteiger partial charge on any atom is -0.390 e. The van der Waals surface area contributed by atoms with Crippen molar-refractivity contribution in [3.8, 4) is 0 Å². The zero-order valence-corrected chi connectivity index (χ0v) is 20.6. The van der Waals surface area contributed by atoms with E-state index < -0.39 is 17.4 Å². The van der Waals surface area contributed by atoms with Gasteiger partial charge >= 0.3 is 6.18 Å². The van der Waals surface area contributed by atoms with Crippen molar-refractivity contribution in [3.05, 3.63) is 11.6 Å². The first-order valence-electron chi connectivity index (χ1n) is 12.8. The molecule has 3 saturated carbocycles. The second-order valence-electron chi connectivity index (χ2n) is 12.9. The summed E-state index contributed by atoms with van der Waals surface area (Å²) in [6.45, 7) is 9.84. The van der Waals surface area contributed by atoms with Crippen molar-refractivity contribution in [2.24, 2.45) is 40.4 Å². The second-order valence-corrected chi connectivity index (χ2v) is 12.9. The van der Waals surface area contributed by atoms with Crippen LogP contribution in [0.2, 0.25) is 0 Å². The van der Waals surface area contributed by atoms with Gasteiger partial charge in [0.25, 0.3) is 0 Å². The molecule has 0 aromatic carbocycles. The fourth-order valence-electron chi connectivity index (χ4n) is 8.63. The lowest BCUT2D eigenvalue weighted by Gasteiger charge is -2.59. The van der Waals surface area contributed by atoms with E-state index in [-0.39, 0.29) is 23.2 Å². The molecule has 0 amide bonds. The fourth-order valence-corrected chi connectivity index (χ4v) is 8.63. The summed E-state index contributed by atoms with van der Waals surface area (Å²) in [5.74, 6) is 2.57. The van der Waals surface area contributed by atoms with Crippen molar-refractivity contribution in [2.45, 2.75) is 116 Å². The molecule has 0 aromatic heterocycles. The molecule has 184 valence electrons. The molecule has 4 rings (SSSR count). The minimum atomic E-state index is -4.57. The Hall–Kier alpha value is -0.550. The molecule has 5 heteroatoms. The highest BCUT2D eigenvalue weighted by molar-refractivity contribution is 5.26. The zero-order valence-electron chi connectivity index (χ0n) is 20.6. The Labute approximate surface area is 192 Å². The average molecular weight is 457 g/mol. The van der Waals surface area contributed by atoms with Gasteiger partial charge in [0.15, 0.2) is 5.60 Å². The van der Waals surface area contributed by atoms with Crippen LogP contribution in [-0.2, 0) is 0 Å². The molecule has 4 aliphatic rings. The van der Waals surface area contributed by atoms with E-state index in [4.69, 9.17) is 0 Å². The molecular formula is C27H43F3O2. The van der Waals surface area contributed by atoms with Crippen LogP contribution in [0.25, 0.3) is 0 Å². The molecule has 9 atom stereocenters. The number of rotatable bonds is 4. The molecule has 0 aliphatic heterocycles. The van der Waals surface area contributed by atoms with E-state index in [1.807, 2.05) is 6.92 Å². The Morgan fingerprint density at radius 2 is 1.75 bits per heavy atom. The van der Waals surface area contributed by atoms with Crippen LogP contribution in [-0.4, -0.2) is 27.6 Å². The fraction of sp³-hybridized carbons (Fsp3) is 0.926. The van der Waals surface area contributed by atoms with Gasteiger partial charge in [0, 0.05) is 0 Å². The summed E-state index contributed by atoms with van der Waals surface area (Å²) in [5.41, 5.74) is -1.32. The highest BCUT2D eigenvalue weighted by Gasteiger charge is 2.60. The predicted octanol–water partition coefficient (Wildman–Crippen LogP) is 7.05. The summed E-state index contributed by atoms with van der Waals surface area (Å²) < 4.78 is 39.4. The predicted molar refractivity (Wildman–Crippen MR) is 121 cm³/mol. The quantitative estimate of drug-likeness (QED) is 0.445. The molecule has 2 unspecified atom stereocenters. The highest BCUT2D eigenvalue weighted by Crippen LogP contribution is 2.67. The van der Waals surface area contributed by atoms with Gasteiger partial charge in [-0.25, -0.2) is 0 Å². The summed E-state index contributed by atoms with van der Waals surface area (Å²) in [5, 5.41) is 20.6. The lowest BCUT2D eigenvalue weighted by Crippen LogP contribution is -2.52. The number of hydrogen-bond acceptors (Lipinski definition) is 2. The van der Waals surface area contributed by atoms with Gasteiger partial charge in [-0.1, -0.05) is 32.4 Å². The Morgan fingerprint density at radius 3 is 2.41 bits per heavy atom. The van der Waals surface area contributed by atoms with Crippen LogP contribution in [0.5, 0.6) is 0 Å². The maximum absolute atomic E-state index is 13.1. The van der Waals surface area contributed by atoms with Crippen LogP contribution >= 0.6 is 0 Å². The molecule has 0 aromatic rings. The van der Waals surface area contributed by atoms with Crippen LogP contribution in [0.4, 0.5) is 13.2 Å². The molecule has 0 bridgehead atoms. The van der Waals surface area contributed by atoms with Gasteiger partial charge in [-0.3, -0.25) is 0 Å². The maximum atomic E-state index is 13.1. The Bertz CT molecular complexity index is 754. The molecule has 32 heavy (non-hydrogen) atoms. The summed E-state index contributed by atoms with van der Waals surface area (Å²) in [7, 11) is 0.